The average Bonchev–Trinajstić information content (AvgIpc) is 3.25. The highest BCUT2D eigenvalue weighted by atomic mass is 16.7. The lowest BCUT2D eigenvalue weighted by molar-refractivity contribution is -0.302. The molecule has 9 nitrogen and oxygen atoms in total. The van der Waals surface area contributed by atoms with Crippen LogP contribution in [0.4, 0.5) is 0 Å². The Bertz CT molecular complexity index is 1210. The first-order valence-corrected chi connectivity index (χ1v) is 23.8. The molecule has 0 aromatic carbocycles. The Balaban J connectivity index is 2.06. The van der Waals surface area contributed by atoms with Crippen molar-refractivity contribution in [1.82, 2.24) is 5.32 Å². The number of carbonyl (C=O) groups excluding carboxylic acids is 1. The van der Waals surface area contributed by atoms with E-state index in [1.165, 1.54) is 51.4 Å². The molecule has 1 saturated heterocycles. The molecule has 6 N–H and O–H groups in total. The highest BCUT2D eigenvalue weighted by Gasteiger charge is 2.44. The van der Waals surface area contributed by atoms with Crippen LogP contribution < -0.4 is 5.32 Å². The Kier molecular flexibility index (Phi) is 37.3. The van der Waals surface area contributed by atoms with Crippen LogP contribution in [0.15, 0.2) is 85.1 Å². The van der Waals surface area contributed by atoms with Gasteiger partial charge < -0.3 is 40.3 Å². The second-order valence-corrected chi connectivity index (χ2v) is 16.2. The van der Waals surface area contributed by atoms with Crippen LogP contribution in [0.3, 0.4) is 0 Å². The summed E-state index contributed by atoms with van der Waals surface area (Å²) in [4.78, 5) is 12.8. The molecule has 1 rings (SSSR count). The van der Waals surface area contributed by atoms with Crippen LogP contribution >= 0.6 is 0 Å². The summed E-state index contributed by atoms with van der Waals surface area (Å²) in [5.74, 6) is -0.162. The lowest BCUT2D eigenvalue weighted by Gasteiger charge is -2.40. The zero-order valence-corrected chi connectivity index (χ0v) is 37.7. The summed E-state index contributed by atoms with van der Waals surface area (Å²) in [5.41, 5.74) is 0. The van der Waals surface area contributed by atoms with E-state index in [1.807, 2.05) is 0 Å². The predicted molar refractivity (Wildman–Crippen MR) is 248 cm³/mol. The van der Waals surface area contributed by atoms with Gasteiger partial charge in [-0.2, -0.15) is 0 Å². The number of nitrogens with one attached hydrogen (secondary N) is 1. The van der Waals surface area contributed by atoms with Crippen molar-refractivity contribution in [3.8, 4) is 0 Å². The Morgan fingerprint density at radius 3 is 1.52 bits per heavy atom. The molecular formula is C51H87NO8. The number of hydrogen-bond acceptors (Lipinski definition) is 8. The summed E-state index contributed by atoms with van der Waals surface area (Å²) in [5, 5.41) is 53.7. The standard InChI is InChI=1S/C51H87NO8/c1-3-5-7-9-10-11-12-13-14-15-16-17-18-19-20-21-22-23-24-25-26-27-28-29-30-31-32-33-34-35-36-37-39-41-47(55)52-44(45(54)40-38-8-6-4-2)43-59-51-50(58)49(57)48(56)46(42-53)60-51/h5,7,10-11,13-14,16-17,19-20,22-23,25-26,44-46,48-51,53-54,56-58H,3-4,6,8-9,12,15,18,21,24,27-43H2,1-2H3,(H,52,55)/b7-5-,11-10-,14-13-,17-16-,20-19-,23-22-,26-25-. The molecule has 7 unspecified atom stereocenters. The molecule has 0 aromatic heterocycles. The second-order valence-electron chi connectivity index (χ2n) is 16.2. The molecule has 1 amide bonds. The molecule has 0 radical (unpaired) electrons. The molecule has 1 fully saturated rings. The van der Waals surface area contributed by atoms with Gasteiger partial charge in [0.1, 0.15) is 24.4 Å². The van der Waals surface area contributed by atoms with Gasteiger partial charge >= 0.3 is 0 Å². The molecule has 1 aliphatic heterocycles. The fraction of sp³-hybridized carbons (Fsp3) is 0.706. The van der Waals surface area contributed by atoms with E-state index >= 15 is 0 Å². The SMILES string of the molecule is CC/C=C\C/C=C\C/C=C\C/C=C\C/C=C\C/C=C\C/C=C\CCCCCCCCCCCCCC(=O)NC(COC1OC(CO)C(O)C(O)C1O)C(O)CCCCCC. The Labute approximate surface area is 365 Å². The number of amides is 1. The Morgan fingerprint density at radius 1 is 0.583 bits per heavy atom. The number of carbonyl (C=O) groups is 1. The molecule has 0 aliphatic carbocycles. The van der Waals surface area contributed by atoms with Gasteiger partial charge in [0.15, 0.2) is 6.29 Å². The third-order valence-corrected chi connectivity index (χ3v) is 10.8. The van der Waals surface area contributed by atoms with Crippen molar-refractivity contribution in [3.63, 3.8) is 0 Å². The van der Waals surface area contributed by atoms with Crippen molar-refractivity contribution in [2.75, 3.05) is 13.2 Å². The van der Waals surface area contributed by atoms with E-state index in [4.69, 9.17) is 9.47 Å². The van der Waals surface area contributed by atoms with Crippen LogP contribution in [-0.2, 0) is 14.3 Å². The number of aliphatic hydroxyl groups excluding tert-OH is 5. The van der Waals surface area contributed by atoms with Crippen LogP contribution in [0.5, 0.6) is 0 Å². The molecule has 0 aromatic rings. The highest BCUT2D eigenvalue weighted by Crippen LogP contribution is 2.23. The normalized spacial score (nSPS) is 21.4. The number of hydrogen-bond donors (Lipinski definition) is 6. The summed E-state index contributed by atoms with van der Waals surface area (Å²) in [6.45, 7) is 3.57. The molecular weight excluding hydrogens is 755 g/mol. The molecule has 0 saturated carbocycles. The van der Waals surface area contributed by atoms with Gasteiger partial charge in [-0.15, -0.1) is 0 Å². The van der Waals surface area contributed by atoms with Crippen molar-refractivity contribution < 1.29 is 39.8 Å². The maximum absolute atomic E-state index is 12.8. The molecule has 0 spiro atoms. The van der Waals surface area contributed by atoms with Crippen molar-refractivity contribution in [2.24, 2.45) is 0 Å². The Hall–Kier alpha value is -2.63. The minimum absolute atomic E-state index is 0.147. The smallest absolute Gasteiger partial charge is 0.220 e. The van der Waals surface area contributed by atoms with E-state index in [9.17, 15) is 30.3 Å². The van der Waals surface area contributed by atoms with E-state index < -0.39 is 49.5 Å². The monoisotopic (exact) mass is 842 g/mol. The topological polar surface area (TPSA) is 149 Å². The van der Waals surface area contributed by atoms with Crippen LogP contribution in [0.2, 0.25) is 0 Å². The van der Waals surface area contributed by atoms with Crippen molar-refractivity contribution in [3.05, 3.63) is 85.1 Å². The summed E-state index contributed by atoms with van der Waals surface area (Å²) in [6, 6.07) is -0.720. The van der Waals surface area contributed by atoms with Gasteiger partial charge in [0.2, 0.25) is 5.91 Å². The number of aliphatic hydroxyl groups is 5. The van der Waals surface area contributed by atoms with Gasteiger partial charge in [0, 0.05) is 6.42 Å². The maximum atomic E-state index is 12.8. The molecule has 9 heteroatoms. The number of unbranched alkanes of at least 4 members (excludes halogenated alkanes) is 14. The first-order chi connectivity index (χ1) is 29.3. The van der Waals surface area contributed by atoms with Gasteiger partial charge in [-0.25, -0.2) is 0 Å². The summed E-state index contributed by atoms with van der Waals surface area (Å²) in [7, 11) is 0. The maximum Gasteiger partial charge on any atom is 0.220 e. The third kappa shape index (κ3) is 30.4. The van der Waals surface area contributed by atoms with Crippen LogP contribution in [0, 0.1) is 0 Å². The summed E-state index contributed by atoms with van der Waals surface area (Å²) in [6.07, 6.45) is 49.6. The zero-order chi connectivity index (χ0) is 43.7. The Morgan fingerprint density at radius 2 is 1.03 bits per heavy atom. The minimum Gasteiger partial charge on any atom is -0.394 e. The largest absolute Gasteiger partial charge is 0.394 e. The number of allylic oxidation sites excluding steroid dienone is 14. The van der Waals surface area contributed by atoms with Gasteiger partial charge in [-0.3, -0.25) is 4.79 Å². The van der Waals surface area contributed by atoms with Crippen LogP contribution in [-0.4, -0.2) is 87.5 Å². The van der Waals surface area contributed by atoms with Crippen molar-refractivity contribution in [1.29, 1.82) is 0 Å². The van der Waals surface area contributed by atoms with Crippen LogP contribution in [0.25, 0.3) is 0 Å². The van der Waals surface area contributed by atoms with Gasteiger partial charge in [-0.1, -0.05) is 182 Å². The first kappa shape index (κ1) is 55.4. The fourth-order valence-electron chi connectivity index (χ4n) is 6.96. The zero-order valence-electron chi connectivity index (χ0n) is 37.7. The molecule has 344 valence electrons. The summed E-state index contributed by atoms with van der Waals surface area (Å²) < 4.78 is 11.1. The molecule has 7 atom stereocenters. The highest BCUT2D eigenvalue weighted by molar-refractivity contribution is 5.76. The molecule has 0 bridgehead atoms. The van der Waals surface area contributed by atoms with E-state index in [0.29, 0.717) is 12.8 Å². The number of ether oxygens (including phenoxy) is 2. The molecule has 1 heterocycles. The van der Waals surface area contributed by atoms with Gasteiger partial charge in [-0.05, 0) is 70.6 Å². The van der Waals surface area contributed by atoms with Crippen LogP contribution in [0.1, 0.15) is 174 Å². The average molecular weight is 842 g/mol. The second kappa shape index (κ2) is 40.4. The quantitative estimate of drug-likeness (QED) is 0.0266. The lowest BCUT2D eigenvalue weighted by Crippen LogP contribution is -2.60. The van der Waals surface area contributed by atoms with E-state index in [2.05, 4.69) is 104 Å². The molecule has 60 heavy (non-hydrogen) atoms. The van der Waals surface area contributed by atoms with E-state index in [1.54, 1.807) is 0 Å². The van der Waals surface area contributed by atoms with Crippen molar-refractivity contribution >= 4 is 5.91 Å². The third-order valence-electron chi connectivity index (χ3n) is 10.8. The lowest BCUT2D eigenvalue weighted by atomic mass is 9.99. The minimum atomic E-state index is -1.55. The van der Waals surface area contributed by atoms with E-state index in [0.717, 1.165) is 96.3 Å². The van der Waals surface area contributed by atoms with Gasteiger partial charge in [0.25, 0.3) is 0 Å². The summed E-state index contributed by atoms with van der Waals surface area (Å²) >= 11 is 0. The first-order valence-electron chi connectivity index (χ1n) is 23.8. The fourth-order valence-corrected chi connectivity index (χ4v) is 6.96. The predicted octanol–water partition coefficient (Wildman–Crippen LogP) is 10.3. The van der Waals surface area contributed by atoms with E-state index in [-0.39, 0.29) is 12.5 Å². The molecule has 1 aliphatic rings. The van der Waals surface area contributed by atoms with Gasteiger partial charge in [0.05, 0.1) is 25.4 Å². The number of rotatable bonds is 38. The van der Waals surface area contributed by atoms with Crippen molar-refractivity contribution in [2.45, 2.75) is 217 Å².